The Morgan fingerprint density at radius 1 is 0.962 bits per heavy atom. The van der Waals surface area contributed by atoms with Crippen molar-refractivity contribution in [1.82, 2.24) is 14.7 Å². The number of rotatable bonds is 4. The molecule has 6 heteroatoms. The highest BCUT2D eigenvalue weighted by atomic mass is 16.6. The van der Waals surface area contributed by atoms with Gasteiger partial charge in [0, 0.05) is 38.6 Å². The molecule has 2 fully saturated rings. The molecule has 146 valence electrons. The molecule has 0 aromatic rings. The third kappa shape index (κ3) is 5.00. The van der Waals surface area contributed by atoms with Gasteiger partial charge in [0.25, 0.3) is 0 Å². The number of carbonyl (C=O) groups is 2. The van der Waals surface area contributed by atoms with Crippen molar-refractivity contribution in [2.45, 2.75) is 39.0 Å². The zero-order chi connectivity index (χ0) is 18.4. The van der Waals surface area contributed by atoms with Gasteiger partial charge < -0.3 is 19.4 Å². The highest BCUT2D eigenvalue weighted by Gasteiger charge is 2.32. The third-order valence-electron chi connectivity index (χ3n) is 5.95. The summed E-state index contributed by atoms with van der Waals surface area (Å²) in [6.45, 7) is 7.90. The average molecular weight is 364 g/mol. The second-order valence-corrected chi connectivity index (χ2v) is 7.74. The van der Waals surface area contributed by atoms with Crippen molar-refractivity contribution in [3.8, 4) is 0 Å². The van der Waals surface area contributed by atoms with Gasteiger partial charge in [0.05, 0.1) is 6.61 Å². The Kier molecular flexibility index (Phi) is 6.94. The van der Waals surface area contributed by atoms with Gasteiger partial charge in [-0.3, -0.25) is 4.79 Å². The fourth-order valence-electron chi connectivity index (χ4n) is 4.33. The van der Waals surface area contributed by atoms with Crippen LogP contribution in [-0.2, 0) is 9.53 Å². The molecular formula is C20H33N3O3. The number of nitrogens with zero attached hydrogens (tertiary/aromatic N) is 3. The fourth-order valence-corrected chi connectivity index (χ4v) is 4.33. The molecule has 2 amide bonds. The molecule has 3 aliphatic rings. The van der Waals surface area contributed by atoms with Gasteiger partial charge in [0.2, 0.25) is 5.91 Å². The molecule has 0 N–H and O–H groups in total. The predicted octanol–water partition coefficient (Wildman–Crippen LogP) is 2.36. The molecule has 0 aromatic heterocycles. The van der Waals surface area contributed by atoms with Crippen LogP contribution in [0.2, 0.25) is 0 Å². The molecule has 1 aliphatic carbocycles. The molecule has 2 heterocycles. The van der Waals surface area contributed by atoms with E-state index in [4.69, 9.17) is 4.74 Å². The first kappa shape index (κ1) is 19.2. The summed E-state index contributed by atoms with van der Waals surface area (Å²) < 4.78 is 5.04. The Hall–Kier alpha value is -1.56. The highest BCUT2D eigenvalue weighted by Crippen LogP contribution is 2.24. The van der Waals surface area contributed by atoms with Gasteiger partial charge in [-0.25, -0.2) is 4.79 Å². The second-order valence-electron chi connectivity index (χ2n) is 7.74. The smallest absolute Gasteiger partial charge is 0.409 e. The summed E-state index contributed by atoms with van der Waals surface area (Å²) in [6, 6.07) is 0. The van der Waals surface area contributed by atoms with E-state index in [-0.39, 0.29) is 17.9 Å². The van der Waals surface area contributed by atoms with Crippen molar-refractivity contribution in [3.63, 3.8) is 0 Å². The summed E-state index contributed by atoms with van der Waals surface area (Å²) in [7, 11) is 0. The Morgan fingerprint density at radius 2 is 1.65 bits per heavy atom. The SMILES string of the molecule is CCOC(=O)N1CCN(C(=O)C2CCN(C[C@H]3CC=CCC3)CC2)CC1. The van der Waals surface area contributed by atoms with Crippen LogP contribution < -0.4 is 0 Å². The molecule has 2 aliphatic heterocycles. The van der Waals surface area contributed by atoms with Crippen molar-refractivity contribution in [1.29, 1.82) is 0 Å². The van der Waals surface area contributed by atoms with Crippen molar-refractivity contribution in [2.75, 3.05) is 52.4 Å². The van der Waals surface area contributed by atoms with Crippen molar-refractivity contribution in [3.05, 3.63) is 12.2 Å². The van der Waals surface area contributed by atoms with E-state index in [9.17, 15) is 9.59 Å². The van der Waals surface area contributed by atoms with Gasteiger partial charge in [-0.05, 0) is 58.0 Å². The minimum absolute atomic E-state index is 0.159. The van der Waals surface area contributed by atoms with E-state index in [0.29, 0.717) is 32.8 Å². The maximum atomic E-state index is 12.8. The molecule has 0 aromatic carbocycles. The molecule has 0 spiro atoms. The van der Waals surface area contributed by atoms with Crippen LogP contribution in [0.1, 0.15) is 39.0 Å². The Bertz CT molecular complexity index is 506. The maximum Gasteiger partial charge on any atom is 0.409 e. The van der Waals surface area contributed by atoms with Crippen LogP contribution in [0.15, 0.2) is 12.2 Å². The quantitative estimate of drug-likeness (QED) is 0.720. The van der Waals surface area contributed by atoms with Gasteiger partial charge in [-0.15, -0.1) is 0 Å². The summed E-state index contributed by atoms with van der Waals surface area (Å²) in [5, 5.41) is 0. The van der Waals surface area contributed by atoms with E-state index >= 15 is 0 Å². The van der Waals surface area contributed by atoms with Gasteiger partial charge in [0.15, 0.2) is 0 Å². The zero-order valence-electron chi connectivity index (χ0n) is 16.1. The number of carbonyl (C=O) groups excluding carboxylic acids is 2. The van der Waals surface area contributed by atoms with Crippen molar-refractivity contribution >= 4 is 12.0 Å². The van der Waals surface area contributed by atoms with Gasteiger partial charge >= 0.3 is 6.09 Å². The van der Waals surface area contributed by atoms with E-state index in [1.54, 1.807) is 4.90 Å². The number of hydrogen-bond donors (Lipinski definition) is 0. The number of allylic oxidation sites excluding steroid dienone is 2. The lowest BCUT2D eigenvalue weighted by Gasteiger charge is -2.38. The van der Waals surface area contributed by atoms with Crippen molar-refractivity contribution < 1.29 is 14.3 Å². The van der Waals surface area contributed by atoms with Gasteiger partial charge in [-0.1, -0.05) is 12.2 Å². The molecule has 1 atom stereocenters. The monoisotopic (exact) mass is 363 g/mol. The average Bonchev–Trinajstić information content (AvgIpc) is 2.69. The maximum absolute atomic E-state index is 12.8. The molecule has 0 unspecified atom stereocenters. The lowest BCUT2D eigenvalue weighted by molar-refractivity contribution is -0.138. The highest BCUT2D eigenvalue weighted by molar-refractivity contribution is 5.79. The molecule has 0 bridgehead atoms. The third-order valence-corrected chi connectivity index (χ3v) is 5.95. The van der Waals surface area contributed by atoms with Crippen LogP contribution >= 0.6 is 0 Å². The number of likely N-dealkylation sites (tertiary alicyclic amines) is 1. The molecule has 0 saturated carbocycles. The number of piperazine rings is 1. The number of hydrogen-bond acceptors (Lipinski definition) is 4. The summed E-state index contributed by atoms with van der Waals surface area (Å²) in [5.41, 5.74) is 0. The lowest BCUT2D eigenvalue weighted by Crippen LogP contribution is -2.53. The Morgan fingerprint density at radius 3 is 2.27 bits per heavy atom. The van der Waals surface area contributed by atoms with E-state index in [0.717, 1.165) is 31.8 Å². The first-order chi connectivity index (χ1) is 12.7. The number of piperidine rings is 1. The van der Waals surface area contributed by atoms with E-state index in [1.807, 2.05) is 11.8 Å². The van der Waals surface area contributed by atoms with Crippen LogP contribution in [0.3, 0.4) is 0 Å². The van der Waals surface area contributed by atoms with Crippen LogP contribution in [0.25, 0.3) is 0 Å². The topological polar surface area (TPSA) is 53.1 Å². The minimum Gasteiger partial charge on any atom is -0.450 e. The summed E-state index contributed by atoms with van der Waals surface area (Å²) >= 11 is 0. The van der Waals surface area contributed by atoms with E-state index < -0.39 is 0 Å². The largest absolute Gasteiger partial charge is 0.450 e. The number of ether oxygens (including phenoxy) is 1. The van der Waals surface area contributed by atoms with Crippen LogP contribution in [0.5, 0.6) is 0 Å². The first-order valence-corrected chi connectivity index (χ1v) is 10.2. The number of amides is 2. The molecule has 2 saturated heterocycles. The summed E-state index contributed by atoms with van der Waals surface area (Å²) in [5.74, 6) is 1.24. The standard InChI is InChI=1S/C20H33N3O3/c1-2-26-20(25)23-14-12-22(13-15-23)19(24)18-8-10-21(11-9-18)16-17-6-4-3-5-7-17/h3-4,17-18H,2,5-16H2,1H3/t17-/m0/s1. The predicted molar refractivity (Wildman–Crippen MR) is 101 cm³/mol. The normalized spacial score (nSPS) is 25.3. The Labute approximate surface area is 157 Å². The van der Waals surface area contributed by atoms with E-state index in [1.165, 1.54) is 25.8 Å². The van der Waals surface area contributed by atoms with Crippen LogP contribution in [0.4, 0.5) is 4.79 Å². The van der Waals surface area contributed by atoms with Crippen LogP contribution in [0, 0.1) is 11.8 Å². The Balaban J connectivity index is 1.38. The summed E-state index contributed by atoms with van der Waals surface area (Å²) in [6.07, 6.45) is 10.0. The van der Waals surface area contributed by atoms with Gasteiger partial charge in [0.1, 0.15) is 0 Å². The fraction of sp³-hybridized carbons (Fsp3) is 0.800. The minimum atomic E-state index is -0.259. The van der Waals surface area contributed by atoms with Crippen LogP contribution in [-0.4, -0.2) is 79.1 Å². The lowest BCUT2D eigenvalue weighted by atomic mass is 9.91. The molecule has 0 radical (unpaired) electrons. The molecular weight excluding hydrogens is 330 g/mol. The zero-order valence-corrected chi connectivity index (χ0v) is 16.1. The molecule has 6 nitrogen and oxygen atoms in total. The van der Waals surface area contributed by atoms with E-state index in [2.05, 4.69) is 17.1 Å². The summed E-state index contributed by atoms with van der Waals surface area (Å²) in [4.78, 5) is 30.8. The van der Waals surface area contributed by atoms with Crippen molar-refractivity contribution in [2.24, 2.45) is 11.8 Å². The molecule has 26 heavy (non-hydrogen) atoms. The first-order valence-electron chi connectivity index (χ1n) is 10.2. The second kappa shape index (κ2) is 9.40. The van der Waals surface area contributed by atoms with Gasteiger partial charge in [-0.2, -0.15) is 0 Å². The molecule has 3 rings (SSSR count).